The van der Waals surface area contributed by atoms with E-state index in [1.165, 1.54) is 6.07 Å². The number of rotatable bonds is 3. The smallest absolute Gasteiger partial charge is 0.128 e. The van der Waals surface area contributed by atoms with Gasteiger partial charge in [-0.15, -0.1) is 0 Å². The molecule has 0 aliphatic carbocycles. The highest BCUT2D eigenvalue weighted by Crippen LogP contribution is 2.28. The van der Waals surface area contributed by atoms with Gasteiger partial charge >= 0.3 is 0 Å². The first-order chi connectivity index (χ1) is 8.22. The number of halogens is 1. The summed E-state index contributed by atoms with van der Waals surface area (Å²) in [5.74, 6) is 0.985. The van der Waals surface area contributed by atoms with E-state index in [1.807, 2.05) is 17.8 Å². The van der Waals surface area contributed by atoms with Crippen molar-refractivity contribution in [2.45, 2.75) is 18.6 Å². The monoisotopic (exact) mass is 254 g/mol. The molecule has 1 aliphatic rings. The maximum atomic E-state index is 13.8. The Bertz CT molecular complexity index is 384. The molecule has 2 rings (SSSR count). The molecular weight excluding hydrogens is 235 g/mol. The molecule has 1 aliphatic heterocycles. The standard InChI is InChI=1S/C13H19FN2S/c1-10-9-16(7-8-17-10)13-4-2-3-12(14)11(13)5-6-15/h2-4,10H,5-9,15H2,1H3. The third kappa shape index (κ3) is 2.93. The van der Waals surface area contributed by atoms with E-state index >= 15 is 0 Å². The maximum Gasteiger partial charge on any atom is 0.128 e. The van der Waals surface area contributed by atoms with Crippen LogP contribution < -0.4 is 10.6 Å². The Morgan fingerprint density at radius 2 is 2.35 bits per heavy atom. The van der Waals surface area contributed by atoms with Gasteiger partial charge in [0.2, 0.25) is 0 Å². The van der Waals surface area contributed by atoms with Crippen molar-refractivity contribution in [1.29, 1.82) is 0 Å². The molecule has 1 fully saturated rings. The molecule has 0 spiro atoms. The number of hydrogen-bond acceptors (Lipinski definition) is 3. The summed E-state index contributed by atoms with van der Waals surface area (Å²) in [5, 5.41) is 0.609. The predicted molar refractivity (Wildman–Crippen MR) is 73.3 cm³/mol. The van der Waals surface area contributed by atoms with Crippen molar-refractivity contribution in [2.24, 2.45) is 5.73 Å². The molecule has 4 heteroatoms. The van der Waals surface area contributed by atoms with Gasteiger partial charge in [-0.1, -0.05) is 13.0 Å². The minimum Gasteiger partial charge on any atom is -0.369 e. The van der Waals surface area contributed by atoms with Crippen LogP contribution in [-0.4, -0.2) is 30.6 Å². The van der Waals surface area contributed by atoms with Crippen molar-refractivity contribution >= 4 is 17.4 Å². The number of hydrogen-bond donors (Lipinski definition) is 1. The molecule has 1 saturated heterocycles. The van der Waals surface area contributed by atoms with Crippen LogP contribution >= 0.6 is 11.8 Å². The number of anilines is 1. The van der Waals surface area contributed by atoms with Gasteiger partial charge in [0.15, 0.2) is 0 Å². The fraction of sp³-hybridized carbons (Fsp3) is 0.538. The van der Waals surface area contributed by atoms with E-state index in [0.717, 1.165) is 30.1 Å². The molecule has 1 unspecified atom stereocenters. The number of benzene rings is 1. The summed E-state index contributed by atoms with van der Waals surface area (Å²) in [5.41, 5.74) is 7.37. The topological polar surface area (TPSA) is 29.3 Å². The quantitative estimate of drug-likeness (QED) is 0.897. The van der Waals surface area contributed by atoms with Crippen LogP contribution in [0.3, 0.4) is 0 Å². The first kappa shape index (κ1) is 12.7. The van der Waals surface area contributed by atoms with Gasteiger partial charge in [-0.3, -0.25) is 0 Å². The van der Waals surface area contributed by atoms with Gasteiger partial charge in [-0.05, 0) is 25.1 Å². The van der Waals surface area contributed by atoms with Crippen LogP contribution in [0.4, 0.5) is 10.1 Å². The average Bonchev–Trinajstić information content (AvgIpc) is 2.32. The molecule has 2 nitrogen and oxygen atoms in total. The summed E-state index contributed by atoms with van der Waals surface area (Å²) in [7, 11) is 0. The van der Waals surface area contributed by atoms with Gasteiger partial charge in [0.1, 0.15) is 5.82 Å². The molecule has 0 saturated carbocycles. The number of nitrogens with two attached hydrogens (primary N) is 1. The van der Waals surface area contributed by atoms with Crippen LogP contribution in [0, 0.1) is 5.82 Å². The zero-order valence-electron chi connectivity index (χ0n) is 10.2. The van der Waals surface area contributed by atoms with E-state index in [2.05, 4.69) is 11.8 Å². The van der Waals surface area contributed by atoms with Crippen LogP contribution in [0.5, 0.6) is 0 Å². The van der Waals surface area contributed by atoms with Crippen molar-refractivity contribution in [1.82, 2.24) is 0 Å². The molecular formula is C13H19FN2S. The third-order valence-corrected chi connectivity index (χ3v) is 4.21. The van der Waals surface area contributed by atoms with Crippen molar-refractivity contribution in [3.63, 3.8) is 0 Å². The molecule has 1 atom stereocenters. The first-order valence-corrected chi connectivity index (χ1v) is 7.11. The Labute approximate surface area is 106 Å². The van der Waals surface area contributed by atoms with Crippen LogP contribution in [0.25, 0.3) is 0 Å². The number of thioether (sulfide) groups is 1. The molecule has 94 valence electrons. The SMILES string of the molecule is CC1CN(c2cccc(F)c2CCN)CCS1. The van der Waals surface area contributed by atoms with E-state index in [4.69, 9.17) is 5.73 Å². The van der Waals surface area contributed by atoms with Gasteiger partial charge in [0.05, 0.1) is 0 Å². The second-order valence-electron chi connectivity index (χ2n) is 4.40. The summed E-state index contributed by atoms with van der Waals surface area (Å²) in [6.07, 6.45) is 0.611. The summed E-state index contributed by atoms with van der Waals surface area (Å²) in [6.45, 7) is 4.70. The van der Waals surface area contributed by atoms with Gasteiger partial charge in [-0.25, -0.2) is 4.39 Å². The minimum absolute atomic E-state index is 0.126. The fourth-order valence-electron chi connectivity index (χ4n) is 2.27. The Hall–Kier alpha value is -0.740. The highest BCUT2D eigenvalue weighted by atomic mass is 32.2. The van der Waals surface area contributed by atoms with Gasteiger partial charge in [0, 0.05) is 35.3 Å². The molecule has 1 heterocycles. The lowest BCUT2D eigenvalue weighted by Gasteiger charge is -2.34. The molecule has 1 aromatic carbocycles. The second kappa shape index (κ2) is 5.74. The Balaban J connectivity index is 2.27. The molecule has 2 N–H and O–H groups in total. The normalized spacial score (nSPS) is 20.6. The molecule has 0 bridgehead atoms. The van der Waals surface area contributed by atoms with Crippen LogP contribution in [-0.2, 0) is 6.42 Å². The maximum absolute atomic E-state index is 13.8. The highest BCUT2D eigenvalue weighted by molar-refractivity contribution is 8.00. The van der Waals surface area contributed by atoms with E-state index in [-0.39, 0.29) is 5.82 Å². The van der Waals surface area contributed by atoms with E-state index in [0.29, 0.717) is 18.2 Å². The lowest BCUT2D eigenvalue weighted by Crippen LogP contribution is -2.37. The fourth-order valence-corrected chi connectivity index (χ4v) is 3.29. The predicted octanol–water partition coefficient (Wildman–Crippen LogP) is 2.27. The van der Waals surface area contributed by atoms with E-state index in [9.17, 15) is 4.39 Å². The van der Waals surface area contributed by atoms with E-state index in [1.54, 1.807) is 6.07 Å². The lowest BCUT2D eigenvalue weighted by molar-refractivity contribution is 0.607. The Kier molecular flexibility index (Phi) is 4.29. The summed E-state index contributed by atoms with van der Waals surface area (Å²) in [4.78, 5) is 2.29. The zero-order valence-corrected chi connectivity index (χ0v) is 11.0. The summed E-state index contributed by atoms with van der Waals surface area (Å²) in [6, 6.07) is 5.32. The van der Waals surface area contributed by atoms with Crippen LogP contribution in [0.2, 0.25) is 0 Å². The zero-order chi connectivity index (χ0) is 12.3. The van der Waals surface area contributed by atoms with Crippen molar-refractivity contribution in [3.8, 4) is 0 Å². The van der Waals surface area contributed by atoms with Gasteiger partial charge in [-0.2, -0.15) is 11.8 Å². The first-order valence-electron chi connectivity index (χ1n) is 6.06. The number of nitrogens with zero attached hydrogens (tertiary/aromatic N) is 1. The van der Waals surface area contributed by atoms with Gasteiger partial charge in [0.25, 0.3) is 0 Å². The van der Waals surface area contributed by atoms with Crippen molar-refractivity contribution in [2.75, 3.05) is 30.3 Å². The molecule has 0 aromatic heterocycles. The Morgan fingerprint density at radius 3 is 3.06 bits per heavy atom. The van der Waals surface area contributed by atoms with Crippen LogP contribution in [0.1, 0.15) is 12.5 Å². The van der Waals surface area contributed by atoms with Crippen molar-refractivity contribution < 1.29 is 4.39 Å². The molecule has 0 radical (unpaired) electrons. The lowest BCUT2D eigenvalue weighted by atomic mass is 10.1. The third-order valence-electron chi connectivity index (χ3n) is 3.07. The minimum atomic E-state index is -0.126. The van der Waals surface area contributed by atoms with Crippen LogP contribution in [0.15, 0.2) is 18.2 Å². The summed E-state index contributed by atoms with van der Waals surface area (Å²) < 4.78 is 13.8. The molecule has 0 amide bonds. The average molecular weight is 254 g/mol. The second-order valence-corrected chi connectivity index (χ2v) is 5.95. The van der Waals surface area contributed by atoms with Gasteiger partial charge < -0.3 is 10.6 Å². The van der Waals surface area contributed by atoms with Crippen molar-refractivity contribution in [3.05, 3.63) is 29.6 Å². The largest absolute Gasteiger partial charge is 0.369 e. The summed E-state index contributed by atoms with van der Waals surface area (Å²) >= 11 is 1.98. The molecule has 17 heavy (non-hydrogen) atoms. The molecule has 1 aromatic rings. The highest BCUT2D eigenvalue weighted by Gasteiger charge is 2.20. The van der Waals surface area contributed by atoms with E-state index < -0.39 is 0 Å². The Morgan fingerprint density at radius 1 is 1.53 bits per heavy atom.